The molecule has 0 aliphatic carbocycles. The van der Waals surface area contributed by atoms with E-state index in [2.05, 4.69) is 0 Å². The third kappa shape index (κ3) is 3.49. The minimum Gasteiger partial charge on any atom is -0.504 e. The van der Waals surface area contributed by atoms with E-state index in [4.69, 9.17) is 9.84 Å². The highest BCUT2D eigenvalue weighted by Crippen LogP contribution is 2.26. The van der Waals surface area contributed by atoms with E-state index in [-0.39, 0.29) is 5.75 Å². The van der Waals surface area contributed by atoms with Crippen molar-refractivity contribution in [1.29, 1.82) is 0 Å². The van der Waals surface area contributed by atoms with Crippen molar-refractivity contribution >= 4 is 6.08 Å². The lowest BCUT2D eigenvalue weighted by molar-refractivity contribution is 0.373. The van der Waals surface area contributed by atoms with Crippen LogP contribution in [0.3, 0.4) is 0 Å². The first-order valence-corrected chi connectivity index (χ1v) is 4.22. The van der Waals surface area contributed by atoms with Crippen LogP contribution in [0.25, 0.3) is 6.08 Å². The Morgan fingerprint density at radius 1 is 1.29 bits per heavy atom. The van der Waals surface area contributed by atoms with Crippen LogP contribution in [-0.4, -0.2) is 24.4 Å². The van der Waals surface area contributed by atoms with Crippen LogP contribution in [-0.2, 0) is 0 Å². The summed E-state index contributed by atoms with van der Waals surface area (Å²) in [5.74, 6) is 0.677. The molecule has 0 fully saturated rings. The van der Waals surface area contributed by atoms with E-state index in [0.717, 1.165) is 12.7 Å². The van der Waals surface area contributed by atoms with Gasteiger partial charge in [0.2, 0.25) is 0 Å². The summed E-state index contributed by atoms with van der Waals surface area (Å²) in [6.07, 6.45) is 3.88. The summed E-state index contributed by atoms with van der Waals surface area (Å²) in [6, 6.07) is 5.24. The molecule has 1 aromatic carbocycles. The monoisotopic (exact) mass is 196 g/mol. The molecular formula is C11H16O3. The van der Waals surface area contributed by atoms with Crippen molar-refractivity contribution in [2.45, 2.75) is 6.92 Å². The fourth-order valence-electron chi connectivity index (χ4n) is 0.990. The fourth-order valence-corrected chi connectivity index (χ4v) is 0.990. The molecular weight excluding hydrogens is 180 g/mol. The van der Waals surface area contributed by atoms with E-state index in [1.165, 1.54) is 7.11 Å². The molecule has 3 nitrogen and oxygen atoms in total. The van der Waals surface area contributed by atoms with E-state index < -0.39 is 0 Å². The molecule has 0 heterocycles. The number of aliphatic hydroxyl groups is 1. The maximum atomic E-state index is 9.25. The lowest BCUT2D eigenvalue weighted by atomic mass is 10.2. The lowest BCUT2D eigenvalue weighted by Gasteiger charge is -2.03. The molecule has 0 amide bonds. The predicted molar refractivity (Wildman–Crippen MR) is 57.5 cm³/mol. The summed E-state index contributed by atoms with van der Waals surface area (Å²) in [4.78, 5) is 0. The standard InChI is InChI=1S/C10H12O2.CH4O/c1-3-4-8-5-6-9(11)10(7-8)12-2;1-2/h3-7,11H,1-2H3;2H,1H3/b4-3+;. The number of aromatic hydroxyl groups is 1. The van der Waals surface area contributed by atoms with Crippen LogP contribution in [0, 0.1) is 0 Å². The number of hydrogen-bond donors (Lipinski definition) is 2. The molecule has 0 aliphatic rings. The van der Waals surface area contributed by atoms with E-state index in [1.807, 2.05) is 25.1 Å². The number of allylic oxidation sites excluding steroid dienone is 1. The van der Waals surface area contributed by atoms with Gasteiger partial charge in [0, 0.05) is 7.11 Å². The van der Waals surface area contributed by atoms with Crippen molar-refractivity contribution in [1.82, 2.24) is 0 Å². The van der Waals surface area contributed by atoms with Gasteiger partial charge in [-0.15, -0.1) is 0 Å². The molecule has 3 heteroatoms. The molecule has 1 aromatic rings. The normalized spacial score (nSPS) is 9.43. The Balaban J connectivity index is 0.000000791. The molecule has 0 radical (unpaired) electrons. The average Bonchev–Trinajstić information content (AvgIpc) is 2.24. The van der Waals surface area contributed by atoms with E-state index in [0.29, 0.717) is 5.75 Å². The first-order valence-electron chi connectivity index (χ1n) is 4.22. The van der Waals surface area contributed by atoms with Gasteiger partial charge in [-0.05, 0) is 24.6 Å². The summed E-state index contributed by atoms with van der Waals surface area (Å²) in [7, 11) is 2.54. The minimum atomic E-state index is 0.172. The maximum absolute atomic E-state index is 9.25. The Hall–Kier alpha value is -1.48. The first kappa shape index (κ1) is 12.5. The molecule has 1 rings (SSSR count). The third-order valence-electron chi connectivity index (χ3n) is 1.56. The van der Waals surface area contributed by atoms with Crippen molar-refractivity contribution in [3.63, 3.8) is 0 Å². The molecule has 0 bridgehead atoms. The number of aliphatic hydroxyl groups excluding tert-OH is 1. The van der Waals surface area contributed by atoms with Crippen LogP contribution in [0.2, 0.25) is 0 Å². The Kier molecular flexibility index (Phi) is 6.24. The number of rotatable bonds is 2. The van der Waals surface area contributed by atoms with Gasteiger partial charge in [-0.1, -0.05) is 18.2 Å². The van der Waals surface area contributed by atoms with Gasteiger partial charge in [0.15, 0.2) is 11.5 Å². The Bertz CT molecular complexity index is 293. The van der Waals surface area contributed by atoms with Crippen LogP contribution >= 0.6 is 0 Å². The van der Waals surface area contributed by atoms with Crippen molar-refractivity contribution in [3.05, 3.63) is 29.8 Å². The highest BCUT2D eigenvalue weighted by molar-refractivity contribution is 5.55. The van der Waals surface area contributed by atoms with E-state index in [1.54, 1.807) is 12.1 Å². The highest BCUT2D eigenvalue weighted by atomic mass is 16.5. The molecule has 0 aliphatic heterocycles. The van der Waals surface area contributed by atoms with Crippen LogP contribution in [0.5, 0.6) is 11.5 Å². The summed E-state index contributed by atoms with van der Waals surface area (Å²) in [6.45, 7) is 1.94. The third-order valence-corrected chi connectivity index (χ3v) is 1.56. The minimum absolute atomic E-state index is 0.172. The quantitative estimate of drug-likeness (QED) is 0.761. The summed E-state index contributed by atoms with van der Waals surface area (Å²) in [5.41, 5.74) is 1.02. The summed E-state index contributed by atoms with van der Waals surface area (Å²) >= 11 is 0. The summed E-state index contributed by atoms with van der Waals surface area (Å²) < 4.78 is 4.95. The molecule has 0 spiro atoms. The van der Waals surface area contributed by atoms with Crippen molar-refractivity contribution in [3.8, 4) is 11.5 Å². The average molecular weight is 196 g/mol. The second-order valence-corrected chi connectivity index (χ2v) is 2.43. The molecule has 0 unspecified atom stereocenters. The molecule has 0 saturated heterocycles. The number of phenols is 1. The van der Waals surface area contributed by atoms with Gasteiger partial charge < -0.3 is 14.9 Å². The van der Waals surface area contributed by atoms with Gasteiger partial charge in [-0.2, -0.15) is 0 Å². The van der Waals surface area contributed by atoms with Gasteiger partial charge in [-0.25, -0.2) is 0 Å². The van der Waals surface area contributed by atoms with Gasteiger partial charge in [0.25, 0.3) is 0 Å². The number of hydrogen-bond acceptors (Lipinski definition) is 3. The number of benzene rings is 1. The highest BCUT2D eigenvalue weighted by Gasteiger charge is 1.99. The van der Waals surface area contributed by atoms with Crippen molar-refractivity contribution in [2.24, 2.45) is 0 Å². The predicted octanol–water partition coefficient (Wildman–Crippen LogP) is 2.04. The SMILES string of the molecule is C/C=C/c1ccc(O)c(OC)c1.CO. The zero-order valence-corrected chi connectivity index (χ0v) is 8.69. The molecule has 0 atom stereocenters. The lowest BCUT2D eigenvalue weighted by Crippen LogP contribution is -1.83. The molecule has 14 heavy (non-hydrogen) atoms. The first-order chi connectivity index (χ1) is 6.77. The number of phenolic OH excluding ortho intramolecular Hbond substituents is 1. The fraction of sp³-hybridized carbons (Fsp3) is 0.273. The van der Waals surface area contributed by atoms with E-state index >= 15 is 0 Å². The summed E-state index contributed by atoms with van der Waals surface area (Å²) in [5, 5.41) is 16.3. The number of ether oxygens (including phenoxy) is 1. The van der Waals surface area contributed by atoms with Crippen LogP contribution in [0.15, 0.2) is 24.3 Å². The van der Waals surface area contributed by atoms with Crippen LogP contribution in [0.1, 0.15) is 12.5 Å². The van der Waals surface area contributed by atoms with Crippen LogP contribution in [0.4, 0.5) is 0 Å². The molecule has 78 valence electrons. The molecule has 0 saturated carbocycles. The Morgan fingerprint density at radius 3 is 2.43 bits per heavy atom. The molecule has 0 aromatic heterocycles. The zero-order chi connectivity index (χ0) is 11.0. The van der Waals surface area contributed by atoms with Crippen LogP contribution < -0.4 is 4.74 Å². The van der Waals surface area contributed by atoms with Crippen molar-refractivity contribution in [2.75, 3.05) is 14.2 Å². The van der Waals surface area contributed by atoms with Gasteiger partial charge in [0.1, 0.15) is 0 Å². The van der Waals surface area contributed by atoms with Gasteiger partial charge in [-0.3, -0.25) is 0 Å². The topological polar surface area (TPSA) is 49.7 Å². The maximum Gasteiger partial charge on any atom is 0.161 e. The largest absolute Gasteiger partial charge is 0.504 e. The number of methoxy groups -OCH3 is 1. The Labute approximate surface area is 84.3 Å². The van der Waals surface area contributed by atoms with E-state index in [9.17, 15) is 5.11 Å². The van der Waals surface area contributed by atoms with Crippen molar-refractivity contribution < 1.29 is 14.9 Å². The second-order valence-electron chi connectivity index (χ2n) is 2.43. The second kappa shape index (κ2) is 6.97. The molecule has 2 N–H and O–H groups in total. The van der Waals surface area contributed by atoms with Gasteiger partial charge in [0.05, 0.1) is 7.11 Å². The Morgan fingerprint density at radius 2 is 1.93 bits per heavy atom. The van der Waals surface area contributed by atoms with Gasteiger partial charge >= 0.3 is 0 Å². The zero-order valence-electron chi connectivity index (χ0n) is 8.69. The smallest absolute Gasteiger partial charge is 0.161 e.